The zero-order valence-electron chi connectivity index (χ0n) is 12.5. The van der Waals surface area contributed by atoms with Crippen LogP contribution in [0.1, 0.15) is 5.56 Å². The van der Waals surface area contributed by atoms with Crippen LogP contribution in [0.15, 0.2) is 55.1 Å². The number of aromatic nitrogens is 5. The van der Waals surface area contributed by atoms with Crippen LogP contribution in [0.2, 0.25) is 5.02 Å². The Morgan fingerprint density at radius 2 is 2.00 bits per heavy atom. The van der Waals surface area contributed by atoms with E-state index in [2.05, 4.69) is 15.1 Å². The first-order valence-electron chi connectivity index (χ1n) is 7.25. The molecule has 0 N–H and O–H groups in total. The van der Waals surface area contributed by atoms with Crippen molar-refractivity contribution in [2.45, 2.75) is 6.54 Å². The minimum absolute atomic E-state index is 0.630. The maximum atomic E-state index is 6.21. The van der Waals surface area contributed by atoms with Crippen molar-refractivity contribution in [3.8, 4) is 11.4 Å². The summed E-state index contributed by atoms with van der Waals surface area (Å²) in [6.07, 6.45) is 7.38. The van der Waals surface area contributed by atoms with Gasteiger partial charge in [-0.2, -0.15) is 5.10 Å². The molecule has 4 aromatic rings. The summed E-state index contributed by atoms with van der Waals surface area (Å²) < 4.78 is 3.90. The van der Waals surface area contributed by atoms with E-state index in [-0.39, 0.29) is 0 Å². The smallest absolute Gasteiger partial charge is 0.144 e. The third kappa shape index (κ3) is 2.49. The maximum Gasteiger partial charge on any atom is 0.144 e. The number of rotatable bonds is 3. The van der Waals surface area contributed by atoms with Crippen LogP contribution in [0.25, 0.3) is 22.4 Å². The van der Waals surface area contributed by atoms with Crippen molar-refractivity contribution < 1.29 is 0 Å². The molecule has 0 saturated carbocycles. The number of imidazole rings is 1. The Balaban J connectivity index is 1.70. The highest BCUT2D eigenvalue weighted by molar-refractivity contribution is 6.31. The van der Waals surface area contributed by atoms with Gasteiger partial charge in [0, 0.05) is 24.5 Å². The fraction of sp³-hybridized carbons (Fsp3) is 0.118. The van der Waals surface area contributed by atoms with Gasteiger partial charge in [-0.3, -0.25) is 9.67 Å². The predicted octanol–water partition coefficient (Wildman–Crippen LogP) is 3.53. The van der Waals surface area contributed by atoms with Gasteiger partial charge in [-0.15, -0.1) is 0 Å². The molecule has 23 heavy (non-hydrogen) atoms. The van der Waals surface area contributed by atoms with Gasteiger partial charge in [0.1, 0.15) is 5.82 Å². The van der Waals surface area contributed by atoms with E-state index in [1.54, 1.807) is 6.20 Å². The molecule has 0 fully saturated rings. The van der Waals surface area contributed by atoms with Crippen molar-refractivity contribution in [1.29, 1.82) is 0 Å². The highest BCUT2D eigenvalue weighted by Gasteiger charge is 2.12. The summed E-state index contributed by atoms with van der Waals surface area (Å²) >= 11 is 6.21. The number of hydrogen-bond donors (Lipinski definition) is 0. The first-order chi connectivity index (χ1) is 11.2. The summed E-state index contributed by atoms with van der Waals surface area (Å²) in [5, 5.41) is 5.18. The Kier molecular flexibility index (Phi) is 3.35. The largest absolute Gasteiger partial charge is 0.326 e. The number of benzene rings is 1. The molecule has 6 heteroatoms. The normalized spacial score (nSPS) is 11.2. The minimum atomic E-state index is 0.630. The third-order valence-corrected chi connectivity index (χ3v) is 4.23. The average molecular weight is 324 g/mol. The molecule has 1 aromatic carbocycles. The van der Waals surface area contributed by atoms with Crippen LogP contribution < -0.4 is 0 Å². The second-order valence-electron chi connectivity index (χ2n) is 5.38. The van der Waals surface area contributed by atoms with Crippen LogP contribution in [0.5, 0.6) is 0 Å². The number of fused-ring (bicyclic) bond motifs is 1. The second-order valence-corrected chi connectivity index (χ2v) is 5.78. The Morgan fingerprint density at radius 1 is 1.13 bits per heavy atom. The molecule has 0 aliphatic carbocycles. The van der Waals surface area contributed by atoms with Crippen molar-refractivity contribution in [3.05, 3.63) is 65.7 Å². The molecule has 0 spiro atoms. The van der Waals surface area contributed by atoms with Crippen LogP contribution in [0, 0.1) is 0 Å². The summed E-state index contributed by atoms with van der Waals surface area (Å²) in [7, 11) is 1.98. The molecule has 3 heterocycles. The van der Waals surface area contributed by atoms with Crippen LogP contribution in [0.4, 0.5) is 0 Å². The molecule has 0 aliphatic heterocycles. The van der Waals surface area contributed by atoms with E-state index >= 15 is 0 Å². The first kappa shape index (κ1) is 14.0. The van der Waals surface area contributed by atoms with Gasteiger partial charge in [0.05, 0.1) is 35.5 Å². The molecular weight excluding hydrogens is 310 g/mol. The van der Waals surface area contributed by atoms with Gasteiger partial charge in [0.25, 0.3) is 0 Å². The lowest BCUT2D eigenvalue weighted by Crippen LogP contribution is -2.00. The van der Waals surface area contributed by atoms with E-state index in [1.165, 1.54) is 0 Å². The van der Waals surface area contributed by atoms with Gasteiger partial charge >= 0.3 is 0 Å². The molecule has 3 aromatic heterocycles. The van der Waals surface area contributed by atoms with Gasteiger partial charge in [0.15, 0.2) is 0 Å². The monoisotopic (exact) mass is 323 g/mol. The summed E-state index contributed by atoms with van der Waals surface area (Å²) in [5.41, 5.74) is 3.94. The standard InChI is InChI=1S/C17H14ClN5/c1-22-16-9-19-7-6-15(16)21-17(22)13-8-20-23(11-13)10-12-4-2-3-5-14(12)18/h2-9,11H,10H2,1H3. The highest BCUT2D eigenvalue weighted by Crippen LogP contribution is 2.23. The van der Waals surface area contributed by atoms with Gasteiger partial charge in [-0.25, -0.2) is 4.98 Å². The Morgan fingerprint density at radius 3 is 2.83 bits per heavy atom. The second kappa shape index (κ2) is 5.52. The molecular formula is C17H14ClN5. The molecule has 0 radical (unpaired) electrons. The summed E-state index contributed by atoms with van der Waals surface area (Å²) in [6.45, 7) is 0.630. The van der Waals surface area contributed by atoms with E-state index < -0.39 is 0 Å². The highest BCUT2D eigenvalue weighted by atomic mass is 35.5. The van der Waals surface area contributed by atoms with Crippen molar-refractivity contribution >= 4 is 22.6 Å². The van der Waals surface area contributed by atoms with Crippen LogP contribution in [-0.2, 0) is 13.6 Å². The first-order valence-corrected chi connectivity index (χ1v) is 7.63. The minimum Gasteiger partial charge on any atom is -0.326 e. The lowest BCUT2D eigenvalue weighted by Gasteiger charge is -2.03. The molecule has 114 valence electrons. The molecule has 0 atom stereocenters. The summed E-state index contributed by atoms with van der Waals surface area (Å²) in [5.74, 6) is 0.874. The fourth-order valence-corrected chi connectivity index (χ4v) is 2.86. The van der Waals surface area contributed by atoms with Crippen LogP contribution in [-0.4, -0.2) is 24.3 Å². The third-order valence-electron chi connectivity index (χ3n) is 3.86. The van der Waals surface area contributed by atoms with E-state index in [9.17, 15) is 0 Å². The van der Waals surface area contributed by atoms with Crippen molar-refractivity contribution in [2.24, 2.45) is 7.05 Å². The van der Waals surface area contributed by atoms with Gasteiger partial charge < -0.3 is 4.57 Å². The summed E-state index contributed by atoms with van der Waals surface area (Å²) in [6, 6.07) is 9.70. The SMILES string of the molecule is Cn1c(-c2cnn(Cc3ccccc3Cl)c2)nc2ccncc21. The van der Waals surface area contributed by atoms with E-state index in [0.29, 0.717) is 6.54 Å². The van der Waals surface area contributed by atoms with Gasteiger partial charge in [-0.05, 0) is 17.7 Å². The van der Waals surface area contributed by atoms with Crippen LogP contribution in [0.3, 0.4) is 0 Å². The molecule has 0 saturated heterocycles. The molecule has 0 bridgehead atoms. The zero-order chi connectivity index (χ0) is 15.8. The zero-order valence-corrected chi connectivity index (χ0v) is 13.3. The summed E-state index contributed by atoms with van der Waals surface area (Å²) in [4.78, 5) is 8.82. The Labute approximate surface area is 138 Å². The van der Waals surface area contributed by atoms with E-state index in [1.807, 2.05) is 65.2 Å². The number of halogens is 1. The number of aryl methyl sites for hydroxylation is 1. The quantitative estimate of drug-likeness (QED) is 0.579. The van der Waals surface area contributed by atoms with Gasteiger partial charge in [0.2, 0.25) is 0 Å². The van der Waals surface area contributed by atoms with E-state index in [0.717, 1.165) is 33.0 Å². The molecule has 4 rings (SSSR count). The number of hydrogen-bond acceptors (Lipinski definition) is 3. The topological polar surface area (TPSA) is 48.5 Å². The number of nitrogens with zero attached hydrogens (tertiary/aromatic N) is 5. The average Bonchev–Trinajstić information content (AvgIpc) is 3.15. The Hall–Kier alpha value is -2.66. The van der Waals surface area contributed by atoms with Crippen molar-refractivity contribution in [3.63, 3.8) is 0 Å². The number of pyridine rings is 1. The molecule has 0 aliphatic rings. The van der Waals surface area contributed by atoms with Crippen LogP contribution >= 0.6 is 11.6 Å². The Bertz CT molecular complexity index is 985. The lowest BCUT2D eigenvalue weighted by molar-refractivity contribution is 0.687. The van der Waals surface area contributed by atoms with Crippen molar-refractivity contribution in [1.82, 2.24) is 24.3 Å². The molecule has 5 nitrogen and oxygen atoms in total. The van der Waals surface area contributed by atoms with Gasteiger partial charge in [-0.1, -0.05) is 29.8 Å². The maximum absolute atomic E-state index is 6.21. The molecule has 0 amide bonds. The lowest BCUT2D eigenvalue weighted by atomic mass is 10.2. The van der Waals surface area contributed by atoms with E-state index in [4.69, 9.17) is 11.6 Å². The van der Waals surface area contributed by atoms with Crippen molar-refractivity contribution in [2.75, 3.05) is 0 Å². The molecule has 0 unspecified atom stereocenters. The predicted molar refractivity (Wildman–Crippen MR) is 90.3 cm³/mol. The fourth-order valence-electron chi connectivity index (χ4n) is 2.66.